The van der Waals surface area contributed by atoms with E-state index in [4.69, 9.17) is 0 Å². The Labute approximate surface area is 226 Å². The summed E-state index contributed by atoms with van der Waals surface area (Å²) in [7, 11) is 0. The Morgan fingerprint density at radius 3 is 2.39 bits per heavy atom. The van der Waals surface area contributed by atoms with Gasteiger partial charge in [0, 0.05) is 29.2 Å². The molecular formula is C33H40N2O3. The summed E-state index contributed by atoms with van der Waals surface area (Å²) in [6.45, 7) is 3.23. The number of carbonyl (C=O) groups excluding carboxylic acids is 1. The van der Waals surface area contributed by atoms with Crippen molar-refractivity contribution in [3.05, 3.63) is 77.9 Å². The van der Waals surface area contributed by atoms with E-state index in [1.54, 1.807) is 0 Å². The number of amides is 1. The summed E-state index contributed by atoms with van der Waals surface area (Å²) < 4.78 is 0. The van der Waals surface area contributed by atoms with Crippen LogP contribution in [0.3, 0.4) is 0 Å². The zero-order valence-corrected chi connectivity index (χ0v) is 22.5. The number of nitrogens with one attached hydrogen (secondary N) is 1. The van der Waals surface area contributed by atoms with Crippen molar-refractivity contribution in [1.29, 1.82) is 0 Å². The molecule has 0 aliphatic heterocycles. The largest absolute Gasteiger partial charge is 0.481 e. The average Bonchev–Trinajstić information content (AvgIpc) is 2.94. The Hall–Kier alpha value is -3.34. The molecule has 2 aliphatic carbocycles. The van der Waals surface area contributed by atoms with Gasteiger partial charge in [-0.2, -0.15) is 0 Å². The molecule has 0 aromatic heterocycles. The quantitative estimate of drug-likeness (QED) is 0.332. The van der Waals surface area contributed by atoms with Crippen LogP contribution < -0.4 is 10.2 Å². The van der Waals surface area contributed by atoms with E-state index in [0.29, 0.717) is 17.5 Å². The van der Waals surface area contributed by atoms with Gasteiger partial charge >= 0.3 is 5.97 Å². The molecule has 3 aromatic carbocycles. The van der Waals surface area contributed by atoms with Gasteiger partial charge in [0.1, 0.15) is 0 Å². The first kappa shape index (κ1) is 26.3. The third-order valence-electron chi connectivity index (χ3n) is 8.83. The van der Waals surface area contributed by atoms with Crippen molar-refractivity contribution in [2.24, 2.45) is 0 Å². The molecule has 2 fully saturated rings. The molecule has 0 heterocycles. The second-order valence-corrected chi connectivity index (χ2v) is 11.3. The van der Waals surface area contributed by atoms with E-state index in [1.807, 2.05) is 12.1 Å². The SMILES string of the molecule is CCN(c1cccc2ccccc12)C1CCCC(c2ccc(C(=O)NC3(CC(=O)O)CCCCC3)cc2)C1. The third-order valence-corrected chi connectivity index (χ3v) is 8.83. The zero-order valence-electron chi connectivity index (χ0n) is 22.5. The number of carbonyl (C=O) groups is 2. The number of rotatable bonds is 8. The molecule has 2 saturated carbocycles. The molecule has 5 rings (SSSR count). The van der Waals surface area contributed by atoms with Gasteiger partial charge in [0.25, 0.3) is 5.91 Å². The highest BCUT2D eigenvalue weighted by molar-refractivity contribution is 5.95. The van der Waals surface area contributed by atoms with Gasteiger partial charge in [-0.25, -0.2) is 0 Å². The highest BCUT2D eigenvalue weighted by Crippen LogP contribution is 2.38. The van der Waals surface area contributed by atoms with E-state index in [1.165, 1.54) is 34.9 Å². The molecule has 5 nitrogen and oxygen atoms in total. The number of nitrogens with zero attached hydrogens (tertiary/aromatic N) is 1. The topological polar surface area (TPSA) is 69.6 Å². The van der Waals surface area contributed by atoms with Gasteiger partial charge in [-0.1, -0.05) is 74.2 Å². The van der Waals surface area contributed by atoms with E-state index < -0.39 is 11.5 Å². The smallest absolute Gasteiger partial charge is 0.305 e. The van der Waals surface area contributed by atoms with Crippen LogP contribution in [0.4, 0.5) is 5.69 Å². The molecule has 2 atom stereocenters. The number of aliphatic carboxylic acids is 1. The normalized spacial score (nSPS) is 21.1. The van der Waals surface area contributed by atoms with Crippen LogP contribution in [0.15, 0.2) is 66.7 Å². The van der Waals surface area contributed by atoms with Crippen molar-refractivity contribution in [2.75, 3.05) is 11.4 Å². The molecule has 2 unspecified atom stereocenters. The van der Waals surface area contributed by atoms with Crippen molar-refractivity contribution < 1.29 is 14.7 Å². The fourth-order valence-electron chi connectivity index (χ4n) is 6.92. The lowest BCUT2D eigenvalue weighted by Gasteiger charge is -2.39. The number of carboxylic acid groups (broad SMARTS) is 1. The van der Waals surface area contributed by atoms with Crippen LogP contribution in [0.5, 0.6) is 0 Å². The molecule has 0 radical (unpaired) electrons. The van der Waals surface area contributed by atoms with Crippen LogP contribution in [0.1, 0.15) is 93.0 Å². The summed E-state index contributed by atoms with van der Waals surface area (Å²) in [5.41, 5.74) is 2.60. The van der Waals surface area contributed by atoms with Gasteiger partial charge < -0.3 is 15.3 Å². The maximum Gasteiger partial charge on any atom is 0.305 e. The predicted molar refractivity (Wildman–Crippen MR) is 154 cm³/mol. The minimum absolute atomic E-state index is 0.00901. The summed E-state index contributed by atoms with van der Waals surface area (Å²) in [6, 6.07) is 23.8. The molecule has 2 aliphatic rings. The fourth-order valence-corrected chi connectivity index (χ4v) is 6.92. The van der Waals surface area contributed by atoms with Gasteiger partial charge in [0.2, 0.25) is 0 Å². The van der Waals surface area contributed by atoms with E-state index in [2.05, 4.69) is 71.7 Å². The lowest BCUT2D eigenvalue weighted by atomic mass is 9.79. The van der Waals surface area contributed by atoms with E-state index in [9.17, 15) is 14.7 Å². The molecule has 2 N–H and O–H groups in total. The van der Waals surface area contributed by atoms with Crippen molar-refractivity contribution in [3.63, 3.8) is 0 Å². The Kier molecular flexibility index (Phi) is 8.01. The summed E-state index contributed by atoms with van der Waals surface area (Å²) in [6.07, 6.45) is 9.13. The van der Waals surface area contributed by atoms with Gasteiger partial charge in [0.15, 0.2) is 0 Å². The first-order chi connectivity index (χ1) is 18.5. The molecule has 0 bridgehead atoms. The van der Waals surface area contributed by atoms with E-state index >= 15 is 0 Å². The van der Waals surface area contributed by atoms with E-state index in [0.717, 1.165) is 51.5 Å². The first-order valence-corrected chi connectivity index (χ1v) is 14.4. The Bertz CT molecular complexity index is 1260. The third kappa shape index (κ3) is 5.72. The van der Waals surface area contributed by atoms with Crippen molar-refractivity contribution in [3.8, 4) is 0 Å². The molecule has 38 heavy (non-hydrogen) atoms. The number of anilines is 1. The fraction of sp³-hybridized carbons (Fsp3) is 0.455. The van der Waals surface area contributed by atoms with Crippen molar-refractivity contribution >= 4 is 28.3 Å². The second kappa shape index (κ2) is 11.6. The number of hydrogen-bond acceptors (Lipinski definition) is 3. The predicted octanol–water partition coefficient (Wildman–Crippen LogP) is 7.30. The van der Waals surface area contributed by atoms with E-state index in [-0.39, 0.29) is 12.3 Å². The maximum absolute atomic E-state index is 13.1. The molecule has 200 valence electrons. The van der Waals surface area contributed by atoms with Gasteiger partial charge in [-0.15, -0.1) is 0 Å². The van der Waals surface area contributed by atoms with Crippen LogP contribution in [0, 0.1) is 0 Å². The van der Waals surface area contributed by atoms with Crippen LogP contribution in [-0.4, -0.2) is 35.1 Å². The lowest BCUT2D eigenvalue weighted by molar-refractivity contribution is -0.139. The van der Waals surface area contributed by atoms with Gasteiger partial charge in [0.05, 0.1) is 12.0 Å². The number of fused-ring (bicyclic) bond motifs is 1. The molecule has 0 saturated heterocycles. The van der Waals surface area contributed by atoms with Crippen molar-refractivity contribution in [2.45, 2.75) is 88.6 Å². The lowest BCUT2D eigenvalue weighted by Crippen LogP contribution is -2.51. The summed E-state index contributed by atoms with van der Waals surface area (Å²) in [5, 5.41) is 15.2. The van der Waals surface area contributed by atoms with Crippen LogP contribution in [0.2, 0.25) is 0 Å². The molecule has 1 amide bonds. The number of carboxylic acids is 1. The standard InChI is InChI=1S/C33H40N2O3/c1-2-35(30-15-9-11-25-10-4-5-14-29(25)30)28-13-8-12-27(22-28)24-16-18-26(19-17-24)32(38)34-33(23-31(36)37)20-6-3-7-21-33/h4-5,9-11,14-19,27-28H,2-3,6-8,12-13,20-23H2,1H3,(H,34,38)(H,36,37). The summed E-state index contributed by atoms with van der Waals surface area (Å²) in [5.74, 6) is -0.542. The van der Waals surface area contributed by atoms with Gasteiger partial charge in [-0.3, -0.25) is 9.59 Å². The second-order valence-electron chi connectivity index (χ2n) is 11.3. The number of hydrogen-bond donors (Lipinski definition) is 2. The average molecular weight is 513 g/mol. The number of benzene rings is 3. The Morgan fingerprint density at radius 1 is 0.921 bits per heavy atom. The highest BCUT2D eigenvalue weighted by Gasteiger charge is 2.36. The minimum atomic E-state index is -0.848. The zero-order chi connectivity index (χ0) is 26.5. The van der Waals surface area contributed by atoms with Crippen LogP contribution in [0.25, 0.3) is 10.8 Å². The molecule has 0 spiro atoms. The minimum Gasteiger partial charge on any atom is -0.481 e. The molecule has 5 heteroatoms. The van der Waals surface area contributed by atoms with Crippen LogP contribution in [-0.2, 0) is 4.79 Å². The summed E-state index contributed by atoms with van der Waals surface area (Å²) in [4.78, 5) is 27.2. The summed E-state index contributed by atoms with van der Waals surface area (Å²) >= 11 is 0. The Morgan fingerprint density at radius 2 is 1.66 bits per heavy atom. The monoisotopic (exact) mass is 512 g/mol. The van der Waals surface area contributed by atoms with Crippen LogP contribution >= 0.6 is 0 Å². The molecular weight excluding hydrogens is 472 g/mol. The van der Waals surface area contributed by atoms with Crippen molar-refractivity contribution in [1.82, 2.24) is 5.32 Å². The highest BCUT2D eigenvalue weighted by atomic mass is 16.4. The first-order valence-electron chi connectivity index (χ1n) is 14.4. The Balaban J connectivity index is 1.29. The van der Waals surface area contributed by atoms with Gasteiger partial charge in [-0.05, 0) is 74.1 Å². The molecule has 3 aromatic rings. The maximum atomic E-state index is 13.1.